The highest BCUT2D eigenvalue weighted by Gasteiger charge is 2.35. The van der Waals surface area contributed by atoms with Gasteiger partial charge in [-0.15, -0.1) is 0 Å². The van der Waals surface area contributed by atoms with Gasteiger partial charge in [-0.3, -0.25) is 20.2 Å². The summed E-state index contributed by atoms with van der Waals surface area (Å²) in [7, 11) is 0. The molecule has 0 bridgehead atoms. The Labute approximate surface area is 125 Å². The zero-order valence-corrected chi connectivity index (χ0v) is 11.4. The fourth-order valence-corrected chi connectivity index (χ4v) is 2.63. The third kappa shape index (κ3) is 2.15. The topological polar surface area (TPSA) is 117 Å². The molecule has 0 unspecified atom stereocenters. The summed E-state index contributed by atoms with van der Waals surface area (Å²) in [6, 6.07) is 0. The van der Waals surface area contributed by atoms with Gasteiger partial charge in [0, 0.05) is 0 Å². The minimum Gasteiger partial charge on any atom is -0.258 e. The first kappa shape index (κ1) is 14.4. The largest absolute Gasteiger partial charge is 0.315 e. The molecule has 12 heteroatoms. The van der Waals surface area contributed by atoms with Crippen LogP contribution < -0.4 is 0 Å². The Balaban J connectivity index is 2.95. The summed E-state index contributed by atoms with van der Waals surface area (Å²) in [4.78, 5) is 23.7. The van der Waals surface area contributed by atoms with Crippen molar-refractivity contribution in [1.29, 1.82) is 0 Å². The van der Waals surface area contributed by atoms with E-state index in [-0.39, 0.29) is 5.69 Å². The molecule has 0 aliphatic carbocycles. The summed E-state index contributed by atoms with van der Waals surface area (Å²) in [5, 5.41) is 23.9. The predicted octanol–water partition coefficient (Wildman–Crippen LogP) is 3.04. The van der Waals surface area contributed by atoms with E-state index in [0.29, 0.717) is 0 Å². The highest BCUT2D eigenvalue weighted by atomic mass is 35.5. The van der Waals surface area contributed by atoms with Crippen molar-refractivity contribution >= 4 is 46.2 Å². The molecule has 0 aliphatic rings. The Hall–Kier alpha value is -1.97. The van der Waals surface area contributed by atoms with Crippen LogP contribution in [0.15, 0.2) is 12.7 Å². The van der Waals surface area contributed by atoms with Crippen LogP contribution in [-0.2, 0) is 0 Å². The predicted molar refractivity (Wildman–Crippen MR) is 69.7 cm³/mol. The fraction of sp³-hybridized carbons (Fsp3) is 0. The van der Waals surface area contributed by atoms with Crippen molar-refractivity contribution in [3.8, 4) is 5.69 Å². The number of nitro benzene ring substituents is 2. The number of halogens is 3. The zero-order chi connectivity index (χ0) is 15.0. The van der Waals surface area contributed by atoms with E-state index in [1.807, 2.05) is 0 Å². The van der Waals surface area contributed by atoms with Crippen molar-refractivity contribution in [1.82, 2.24) is 14.8 Å². The molecule has 0 saturated carbocycles. The average molecular weight is 338 g/mol. The Morgan fingerprint density at radius 2 is 1.50 bits per heavy atom. The monoisotopic (exact) mass is 337 g/mol. The summed E-state index contributed by atoms with van der Waals surface area (Å²) < 4.78 is 0.973. The molecule has 20 heavy (non-hydrogen) atoms. The van der Waals surface area contributed by atoms with E-state index in [1.165, 1.54) is 0 Å². The summed E-state index contributed by atoms with van der Waals surface area (Å²) in [6.07, 6.45) is 2.24. The maximum absolute atomic E-state index is 11.0. The van der Waals surface area contributed by atoms with Gasteiger partial charge in [-0.1, -0.05) is 34.8 Å². The van der Waals surface area contributed by atoms with Crippen LogP contribution in [-0.4, -0.2) is 24.6 Å². The van der Waals surface area contributed by atoms with E-state index < -0.39 is 36.3 Å². The molecule has 0 saturated heterocycles. The van der Waals surface area contributed by atoms with Crippen molar-refractivity contribution in [2.24, 2.45) is 0 Å². The second-order valence-electron chi connectivity index (χ2n) is 3.34. The fourth-order valence-electron chi connectivity index (χ4n) is 1.47. The number of rotatable bonds is 3. The van der Waals surface area contributed by atoms with Gasteiger partial charge in [0.05, 0.1) is 9.85 Å². The molecule has 1 heterocycles. The first-order valence-electron chi connectivity index (χ1n) is 4.70. The molecule has 0 spiro atoms. The van der Waals surface area contributed by atoms with Crippen LogP contribution in [0.25, 0.3) is 5.69 Å². The molecule has 0 amide bonds. The van der Waals surface area contributed by atoms with Crippen molar-refractivity contribution < 1.29 is 9.85 Å². The van der Waals surface area contributed by atoms with Gasteiger partial charge < -0.3 is 0 Å². The smallest absolute Gasteiger partial charge is 0.258 e. The van der Waals surface area contributed by atoms with Gasteiger partial charge >= 0.3 is 11.4 Å². The lowest BCUT2D eigenvalue weighted by atomic mass is 10.2. The summed E-state index contributed by atoms with van der Waals surface area (Å²) in [6.45, 7) is 0. The first-order valence-corrected chi connectivity index (χ1v) is 5.83. The van der Waals surface area contributed by atoms with E-state index in [1.54, 1.807) is 0 Å². The van der Waals surface area contributed by atoms with E-state index >= 15 is 0 Å². The molecule has 104 valence electrons. The standard InChI is InChI=1S/C8H2Cl3N5O4/c9-3-6(14-2-12-1-13-14)4(10)8(16(19)20)5(11)7(3)15(17)18/h1-2H. The Kier molecular flexibility index (Phi) is 3.75. The lowest BCUT2D eigenvalue weighted by Crippen LogP contribution is -2.04. The third-order valence-corrected chi connectivity index (χ3v) is 3.33. The van der Waals surface area contributed by atoms with Gasteiger partial charge in [-0.2, -0.15) is 5.10 Å². The van der Waals surface area contributed by atoms with Gasteiger partial charge in [0.2, 0.25) is 0 Å². The maximum atomic E-state index is 11.0. The van der Waals surface area contributed by atoms with E-state index in [0.717, 1.165) is 17.3 Å². The van der Waals surface area contributed by atoms with Gasteiger partial charge in [0.1, 0.15) is 28.4 Å². The van der Waals surface area contributed by atoms with Crippen LogP contribution in [0.1, 0.15) is 0 Å². The maximum Gasteiger partial charge on any atom is 0.315 e. The van der Waals surface area contributed by atoms with Crippen LogP contribution in [0, 0.1) is 20.2 Å². The minimum absolute atomic E-state index is 0.242. The number of hydrogen-bond acceptors (Lipinski definition) is 6. The van der Waals surface area contributed by atoms with Gasteiger partial charge in [0.15, 0.2) is 5.02 Å². The van der Waals surface area contributed by atoms with Crippen molar-refractivity contribution in [2.75, 3.05) is 0 Å². The molecule has 0 fully saturated rings. The summed E-state index contributed by atoms with van der Waals surface area (Å²) in [5.74, 6) is 0. The van der Waals surface area contributed by atoms with Crippen molar-refractivity contribution in [3.05, 3.63) is 48.0 Å². The SMILES string of the molecule is O=[N+]([O-])c1c(Cl)c(-n2cncn2)c(Cl)c([N+](=O)[O-])c1Cl. The van der Waals surface area contributed by atoms with Gasteiger partial charge in [-0.25, -0.2) is 9.67 Å². The van der Waals surface area contributed by atoms with Crippen LogP contribution in [0.3, 0.4) is 0 Å². The van der Waals surface area contributed by atoms with E-state index in [9.17, 15) is 20.2 Å². The van der Waals surface area contributed by atoms with Gasteiger partial charge in [0.25, 0.3) is 0 Å². The zero-order valence-electron chi connectivity index (χ0n) is 9.16. The quantitative estimate of drug-likeness (QED) is 0.627. The van der Waals surface area contributed by atoms with E-state index in [4.69, 9.17) is 34.8 Å². The second kappa shape index (κ2) is 5.19. The normalized spacial score (nSPS) is 10.6. The van der Waals surface area contributed by atoms with E-state index in [2.05, 4.69) is 10.1 Å². The third-order valence-electron chi connectivity index (χ3n) is 2.26. The molecule has 1 aromatic heterocycles. The number of aromatic nitrogens is 3. The average Bonchev–Trinajstić information content (AvgIpc) is 2.80. The Morgan fingerprint density at radius 3 is 1.85 bits per heavy atom. The molecule has 0 N–H and O–H groups in total. The van der Waals surface area contributed by atoms with Crippen LogP contribution in [0.4, 0.5) is 11.4 Å². The molecule has 9 nitrogen and oxygen atoms in total. The number of hydrogen-bond donors (Lipinski definition) is 0. The second-order valence-corrected chi connectivity index (χ2v) is 4.48. The molecular formula is C8H2Cl3N5O4. The molecule has 1 aromatic carbocycles. The molecule has 0 aliphatic heterocycles. The van der Waals surface area contributed by atoms with Crippen LogP contribution >= 0.6 is 34.8 Å². The van der Waals surface area contributed by atoms with Crippen LogP contribution in [0.2, 0.25) is 15.1 Å². The minimum atomic E-state index is -0.936. The van der Waals surface area contributed by atoms with Gasteiger partial charge in [-0.05, 0) is 0 Å². The molecule has 0 atom stereocenters. The highest BCUT2D eigenvalue weighted by Crippen LogP contribution is 2.48. The van der Waals surface area contributed by atoms with Crippen LogP contribution in [0.5, 0.6) is 0 Å². The first-order chi connectivity index (χ1) is 9.36. The highest BCUT2D eigenvalue weighted by molar-refractivity contribution is 6.45. The number of nitrogens with zero attached hydrogens (tertiary/aromatic N) is 5. The lowest BCUT2D eigenvalue weighted by Gasteiger charge is -2.09. The molecule has 2 aromatic rings. The van der Waals surface area contributed by atoms with Crippen molar-refractivity contribution in [2.45, 2.75) is 0 Å². The Morgan fingerprint density at radius 1 is 1.00 bits per heavy atom. The Bertz CT molecular complexity index is 676. The van der Waals surface area contributed by atoms with Crippen molar-refractivity contribution in [3.63, 3.8) is 0 Å². The number of nitro groups is 2. The molecule has 2 rings (SSSR count). The summed E-state index contributed by atoms with van der Waals surface area (Å²) in [5.41, 5.74) is -1.89. The lowest BCUT2D eigenvalue weighted by molar-refractivity contribution is -0.393. The number of benzene rings is 1. The molecular weight excluding hydrogens is 336 g/mol. The molecule has 0 radical (unpaired) electrons. The summed E-state index contributed by atoms with van der Waals surface area (Å²) >= 11 is 17.4.